The maximum absolute atomic E-state index is 14.6. The van der Waals surface area contributed by atoms with Gasteiger partial charge in [-0.05, 0) is 26.3 Å². The van der Waals surface area contributed by atoms with Gasteiger partial charge in [0.2, 0.25) is 5.56 Å². The summed E-state index contributed by atoms with van der Waals surface area (Å²) in [6, 6.07) is 2.69. The lowest BCUT2D eigenvalue weighted by atomic mass is 9.92. The molecule has 0 spiro atoms. The summed E-state index contributed by atoms with van der Waals surface area (Å²) in [6.45, 7) is 5.01. The molecule has 2 aliphatic heterocycles. The van der Waals surface area contributed by atoms with E-state index in [0.29, 0.717) is 12.0 Å². The fourth-order valence-corrected chi connectivity index (χ4v) is 4.48. The number of epoxide rings is 1. The second-order valence-electron chi connectivity index (χ2n) is 7.60. The quantitative estimate of drug-likeness (QED) is 0.469. The van der Waals surface area contributed by atoms with E-state index in [9.17, 15) is 23.7 Å². The van der Waals surface area contributed by atoms with Crippen LogP contribution in [0.5, 0.6) is 0 Å². The summed E-state index contributed by atoms with van der Waals surface area (Å²) in [5, 5.41) is 9.07. The molecule has 10 heteroatoms. The van der Waals surface area contributed by atoms with Gasteiger partial charge in [-0.25, -0.2) is 4.39 Å². The maximum Gasteiger partial charge on any atom is 0.362 e. The minimum Gasteiger partial charge on any atom is -0.387 e. The van der Waals surface area contributed by atoms with Crippen molar-refractivity contribution in [2.45, 2.75) is 69.0 Å². The molecular formula is C17H25FNO7P. The van der Waals surface area contributed by atoms with Gasteiger partial charge in [0.1, 0.15) is 12.2 Å². The number of nitrogens with one attached hydrogen (secondary N) is 1. The Morgan fingerprint density at radius 1 is 1.52 bits per heavy atom. The second-order valence-corrected chi connectivity index (χ2v) is 9.77. The van der Waals surface area contributed by atoms with E-state index in [1.54, 1.807) is 13.8 Å². The molecule has 0 radical (unpaired) electrons. The van der Waals surface area contributed by atoms with Crippen molar-refractivity contribution in [3.8, 4) is 0 Å². The average Bonchev–Trinajstić information content (AvgIpc) is 3.31. The first-order valence-corrected chi connectivity index (χ1v) is 10.4. The van der Waals surface area contributed by atoms with Gasteiger partial charge in [0.05, 0.1) is 18.3 Å². The monoisotopic (exact) mass is 405 g/mol. The number of hydrogen-bond donors (Lipinski definition) is 3. The summed E-state index contributed by atoms with van der Waals surface area (Å²) in [5.41, 5.74) is -1.05. The summed E-state index contributed by atoms with van der Waals surface area (Å²) >= 11 is 0. The molecular weight excluding hydrogens is 380 g/mol. The average molecular weight is 405 g/mol. The van der Waals surface area contributed by atoms with Gasteiger partial charge >= 0.3 is 7.60 Å². The van der Waals surface area contributed by atoms with Crippen LogP contribution in [-0.2, 0) is 18.6 Å². The molecule has 8 nitrogen and oxygen atoms in total. The third-order valence-electron chi connectivity index (χ3n) is 5.34. The Kier molecular flexibility index (Phi) is 5.40. The molecule has 1 aromatic heterocycles. The van der Waals surface area contributed by atoms with Gasteiger partial charge in [-0.1, -0.05) is 6.92 Å². The number of H-pyrrole nitrogens is 1. The highest BCUT2D eigenvalue weighted by Crippen LogP contribution is 2.65. The van der Waals surface area contributed by atoms with E-state index in [0.717, 1.165) is 0 Å². The number of rotatable bonds is 7. The normalized spacial score (nSPS) is 37.6. The summed E-state index contributed by atoms with van der Waals surface area (Å²) in [7, 11) is -4.07. The molecule has 0 bridgehead atoms. The minimum absolute atomic E-state index is 0.0194. The van der Waals surface area contributed by atoms with Crippen LogP contribution in [0.25, 0.3) is 0 Å². The highest BCUT2D eigenvalue weighted by atomic mass is 31.2. The van der Waals surface area contributed by atoms with Crippen LogP contribution in [0.3, 0.4) is 0 Å². The van der Waals surface area contributed by atoms with Crippen LogP contribution in [-0.4, -0.2) is 50.9 Å². The summed E-state index contributed by atoms with van der Waals surface area (Å²) in [4.78, 5) is 23.8. The Hall–Kier alpha value is -1.09. The highest BCUT2D eigenvalue weighted by molar-refractivity contribution is 7.54. The first kappa shape index (κ1) is 20.6. The molecule has 2 aliphatic rings. The van der Waals surface area contributed by atoms with Crippen molar-refractivity contribution in [2.24, 2.45) is 0 Å². The van der Waals surface area contributed by atoms with Crippen LogP contribution in [0.15, 0.2) is 23.1 Å². The van der Waals surface area contributed by atoms with Gasteiger partial charge < -0.3 is 29.0 Å². The molecule has 7 atom stereocenters. The number of aromatic amines is 1. The van der Waals surface area contributed by atoms with Gasteiger partial charge in [-0.15, -0.1) is 0 Å². The summed E-state index contributed by atoms with van der Waals surface area (Å²) in [6.07, 6.45) is -3.40. The van der Waals surface area contributed by atoms with Crippen molar-refractivity contribution in [2.75, 3.05) is 6.61 Å². The summed E-state index contributed by atoms with van der Waals surface area (Å²) in [5.74, 6) is 0. The fraction of sp³-hybridized carbons (Fsp3) is 0.706. The topological polar surface area (TPSA) is 121 Å². The van der Waals surface area contributed by atoms with E-state index in [4.69, 9.17) is 14.0 Å². The number of aromatic nitrogens is 1. The van der Waals surface area contributed by atoms with Crippen molar-refractivity contribution in [3.63, 3.8) is 0 Å². The minimum atomic E-state index is -4.07. The SMILES string of the molecule is CCC(C)(CC1OC(c2ccc(=O)[nH]c2)C(F)C1O)OP(=O)(O)C1(C)CO1. The first-order valence-electron chi connectivity index (χ1n) is 8.84. The number of halogens is 1. The Morgan fingerprint density at radius 3 is 2.70 bits per heavy atom. The fourth-order valence-electron chi connectivity index (χ4n) is 3.09. The Balaban J connectivity index is 1.74. The van der Waals surface area contributed by atoms with E-state index < -0.39 is 43.0 Å². The maximum atomic E-state index is 14.6. The van der Waals surface area contributed by atoms with Gasteiger partial charge in [0.15, 0.2) is 11.5 Å². The largest absolute Gasteiger partial charge is 0.387 e. The molecule has 1 aromatic rings. The number of ether oxygens (including phenoxy) is 2. The molecule has 0 aliphatic carbocycles. The van der Waals surface area contributed by atoms with Crippen molar-refractivity contribution in [1.29, 1.82) is 0 Å². The Bertz CT molecular complexity index is 777. The molecule has 2 saturated heterocycles. The van der Waals surface area contributed by atoms with Crippen molar-refractivity contribution < 1.29 is 33.0 Å². The molecule has 7 unspecified atom stereocenters. The molecule has 3 rings (SSSR count). The molecule has 152 valence electrons. The molecule has 0 amide bonds. The molecule has 3 heterocycles. The van der Waals surface area contributed by atoms with Crippen LogP contribution in [0.1, 0.15) is 45.3 Å². The molecule has 0 aromatic carbocycles. The van der Waals surface area contributed by atoms with Crippen LogP contribution in [0.2, 0.25) is 0 Å². The van der Waals surface area contributed by atoms with Crippen LogP contribution in [0.4, 0.5) is 4.39 Å². The number of aliphatic hydroxyl groups is 1. The molecule has 27 heavy (non-hydrogen) atoms. The Morgan fingerprint density at radius 2 is 2.19 bits per heavy atom. The lowest BCUT2D eigenvalue weighted by Crippen LogP contribution is -2.38. The molecule has 2 fully saturated rings. The lowest BCUT2D eigenvalue weighted by molar-refractivity contribution is -0.0481. The van der Waals surface area contributed by atoms with E-state index >= 15 is 0 Å². The van der Waals surface area contributed by atoms with E-state index in [1.807, 2.05) is 0 Å². The van der Waals surface area contributed by atoms with Gasteiger partial charge in [-0.2, -0.15) is 0 Å². The van der Waals surface area contributed by atoms with E-state index in [1.165, 1.54) is 25.3 Å². The zero-order valence-corrected chi connectivity index (χ0v) is 16.3. The van der Waals surface area contributed by atoms with Crippen molar-refractivity contribution in [1.82, 2.24) is 4.98 Å². The van der Waals surface area contributed by atoms with E-state index in [2.05, 4.69) is 4.98 Å². The third-order valence-corrected chi connectivity index (χ3v) is 7.48. The predicted octanol–water partition coefficient (Wildman–Crippen LogP) is 2.02. The first-order chi connectivity index (χ1) is 12.5. The van der Waals surface area contributed by atoms with Gasteiger partial charge in [0, 0.05) is 24.2 Å². The second kappa shape index (κ2) is 7.06. The van der Waals surface area contributed by atoms with Gasteiger partial charge in [-0.3, -0.25) is 9.36 Å². The van der Waals surface area contributed by atoms with Crippen LogP contribution in [0, 0.1) is 0 Å². The van der Waals surface area contributed by atoms with Crippen LogP contribution >= 0.6 is 7.60 Å². The van der Waals surface area contributed by atoms with E-state index in [-0.39, 0.29) is 18.6 Å². The standard InChI is InChI=1S/C17H25FNO7P/c1-4-16(2,26-27(22,23)17(3)9-24-17)7-11-14(21)13(18)15(25-11)10-5-6-12(20)19-8-10/h5-6,8,11,13-15,21H,4,7,9H2,1-3H3,(H,19,20)(H,22,23). The van der Waals surface area contributed by atoms with Crippen LogP contribution < -0.4 is 5.56 Å². The zero-order valence-electron chi connectivity index (χ0n) is 15.4. The molecule has 0 saturated carbocycles. The number of pyridine rings is 1. The third kappa shape index (κ3) is 4.04. The van der Waals surface area contributed by atoms with Crippen molar-refractivity contribution >= 4 is 7.60 Å². The number of hydrogen-bond acceptors (Lipinski definition) is 6. The molecule has 3 N–H and O–H groups in total. The number of aliphatic hydroxyl groups excluding tert-OH is 1. The smallest absolute Gasteiger partial charge is 0.362 e. The highest BCUT2D eigenvalue weighted by Gasteiger charge is 2.59. The zero-order chi connectivity index (χ0) is 20.0. The predicted molar refractivity (Wildman–Crippen MR) is 94.2 cm³/mol. The summed E-state index contributed by atoms with van der Waals surface area (Å²) < 4.78 is 43.4. The van der Waals surface area contributed by atoms with Gasteiger partial charge in [0.25, 0.3) is 0 Å². The Labute approximate surface area is 156 Å². The van der Waals surface area contributed by atoms with Crippen molar-refractivity contribution in [3.05, 3.63) is 34.2 Å². The lowest BCUT2D eigenvalue weighted by Gasteiger charge is -2.34. The number of alkyl halides is 1.